The maximum atomic E-state index is 6.80. The Morgan fingerprint density at radius 1 is 0.828 bits per heavy atom. The van der Waals surface area contributed by atoms with Gasteiger partial charge >= 0.3 is 0 Å². The third-order valence-corrected chi connectivity index (χ3v) is 16.5. The summed E-state index contributed by atoms with van der Waals surface area (Å²) in [6, 6.07) is 19.6. The van der Waals surface area contributed by atoms with Gasteiger partial charge in [-0.1, -0.05) is 84.3 Å². The molecule has 298 valence electrons. The Morgan fingerprint density at radius 3 is 2.36 bits per heavy atom. The fraction of sp³-hybridized carbons (Fsp3) is 0.453. The van der Waals surface area contributed by atoms with Crippen LogP contribution in [-0.2, 0) is 32.1 Å². The predicted molar refractivity (Wildman–Crippen MR) is 242 cm³/mol. The van der Waals surface area contributed by atoms with Crippen molar-refractivity contribution >= 4 is 41.0 Å². The average Bonchev–Trinajstić information content (AvgIpc) is 3.84. The van der Waals surface area contributed by atoms with Gasteiger partial charge in [0.25, 0.3) is 0 Å². The van der Waals surface area contributed by atoms with E-state index in [0.717, 1.165) is 54.4 Å². The highest BCUT2D eigenvalue weighted by Gasteiger charge is 2.45. The number of hydrogen-bond donors (Lipinski definition) is 0. The predicted octanol–water partition coefficient (Wildman–Crippen LogP) is 12.1. The van der Waals surface area contributed by atoms with Crippen LogP contribution in [0.2, 0.25) is 19.6 Å². The first-order valence-corrected chi connectivity index (χ1v) is 26.1. The molecular formula is C53H63N3OSi+2. The summed E-state index contributed by atoms with van der Waals surface area (Å²) in [5, 5.41) is 3.84. The Morgan fingerprint density at radius 2 is 1.60 bits per heavy atom. The van der Waals surface area contributed by atoms with Crippen LogP contribution >= 0.6 is 0 Å². The van der Waals surface area contributed by atoms with Crippen molar-refractivity contribution in [2.45, 2.75) is 143 Å². The lowest BCUT2D eigenvalue weighted by atomic mass is 9.74. The Balaban J connectivity index is 1.21. The van der Waals surface area contributed by atoms with Crippen LogP contribution in [0, 0.1) is 18.3 Å². The molecular weight excluding hydrogens is 723 g/mol. The van der Waals surface area contributed by atoms with Crippen LogP contribution in [0.4, 0.5) is 0 Å². The van der Waals surface area contributed by atoms with E-state index in [9.17, 15) is 0 Å². The quantitative estimate of drug-likeness (QED) is 0.132. The Labute approximate surface area is 347 Å². The topological polar surface area (TPSA) is 33.8 Å². The first-order chi connectivity index (χ1) is 27.8. The smallest absolute Gasteiger partial charge is 0.227 e. The van der Waals surface area contributed by atoms with Crippen LogP contribution in [-0.4, -0.2) is 13.1 Å². The maximum absolute atomic E-state index is 6.80. The van der Waals surface area contributed by atoms with E-state index >= 15 is 0 Å². The third-order valence-electron chi connectivity index (χ3n) is 14.4. The van der Waals surface area contributed by atoms with Crippen LogP contribution < -0.4 is 14.3 Å². The molecule has 10 rings (SSSR count). The molecule has 58 heavy (non-hydrogen) atoms. The molecule has 0 saturated heterocycles. The fourth-order valence-corrected chi connectivity index (χ4v) is 13.2. The zero-order chi connectivity index (χ0) is 40.1. The van der Waals surface area contributed by atoms with Crippen molar-refractivity contribution in [2.24, 2.45) is 11.3 Å². The highest BCUT2D eigenvalue weighted by Crippen LogP contribution is 2.47. The molecule has 2 atom stereocenters. The van der Waals surface area contributed by atoms with E-state index in [0.29, 0.717) is 11.6 Å². The van der Waals surface area contributed by atoms with E-state index in [-0.39, 0.29) is 11.5 Å². The van der Waals surface area contributed by atoms with Crippen LogP contribution in [0.1, 0.15) is 123 Å². The molecule has 0 bridgehead atoms. The molecule has 4 aromatic heterocycles. The van der Waals surface area contributed by atoms with Crippen molar-refractivity contribution in [3.05, 3.63) is 113 Å². The SMILES string of the molecule is C=C1CC2C(CCc3ccc4c(oc5ncccc54)c3-c3cc(C)c(CC4CCCC4)c[n+]31)c1cc3c(cc1-c1cc(CC(C)(C)C)c([Si](C)(C)C)c[n+]12)CCCC3. The third kappa shape index (κ3) is 6.60. The second kappa shape index (κ2) is 14.1. The zero-order valence-electron chi connectivity index (χ0n) is 36.2. The summed E-state index contributed by atoms with van der Waals surface area (Å²) in [7, 11) is -1.71. The summed E-state index contributed by atoms with van der Waals surface area (Å²) in [6.45, 7) is 22.3. The summed E-state index contributed by atoms with van der Waals surface area (Å²) in [5.41, 5.74) is 18.8. The van der Waals surface area contributed by atoms with Crippen LogP contribution in [0.5, 0.6) is 0 Å². The second-order valence-electron chi connectivity index (χ2n) is 20.9. The van der Waals surface area contributed by atoms with Gasteiger partial charge in [0.15, 0.2) is 29.7 Å². The lowest BCUT2D eigenvalue weighted by molar-refractivity contribution is -0.719. The van der Waals surface area contributed by atoms with Crippen LogP contribution in [0.3, 0.4) is 0 Å². The molecule has 1 saturated carbocycles. The van der Waals surface area contributed by atoms with Gasteiger partial charge in [-0.25, -0.2) is 4.98 Å². The number of benzene rings is 2. The first kappa shape index (κ1) is 37.9. The second-order valence-corrected chi connectivity index (χ2v) is 26.0. The monoisotopic (exact) mass is 785 g/mol. The minimum atomic E-state index is -1.71. The van der Waals surface area contributed by atoms with Gasteiger partial charge in [-0.15, -0.1) is 0 Å². The summed E-state index contributed by atoms with van der Waals surface area (Å²) < 4.78 is 12.1. The van der Waals surface area contributed by atoms with Gasteiger partial charge in [0, 0.05) is 45.8 Å². The highest BCUT2D eigenvalue weighted by atomic mass is 28.3. The van der Waals surface area contributed by atoms with E-state index in [1.807, 2.05) is 12.3 Å². The van der Waals surface area contributed by atoms with E-state index in [2.05, 4.69) is 111 Å². The molecule has 6 heterocycles. The minimum Gasteiger partial charge on any atom is -0.437 e. The van der Waals surface area contributed by atoms with Gasteiger partial charge < -0.3 is 4.42 Å². The molecule has 2 aromatic carbocycles. The number of furan rings is 1. The van der Waals surface area contributed by atoms with E-state index in [1.54, 1.807) is 27.4 Å². The van der Waals surface area contributed by atoms with Gasteiger partial charge in [-0.05, 0) is 128 Å². The highest BCUT2D eigenvalue weighted by molar-refractivity contribution is 6.89. The number of hydrogen-bond acceptors (Lipinski definition) is 2. The number of nitrogens with zero attached hydrogens (tertiary/aromatic N) is 3. The molecule has 0 amide bonds. The summed E-state index contributed by atoms with van der Waals surface area (Å²) in [4.78, 5) is 4.70. The first-order valence-electron chi connectivity index (χ1n) is 22.6. The van der Waals surface area contributed by atoms with Crippen molar-refractivity contribution in [1.82, 2.24) is 4.98 Å². The molecule has 4 nitrogen and oxygen atoms in total. The molecule has 2 aliphatic heterocycles. The number of aryl methyl sites for hydroxylation is 4. The molecule has 0 radical (unpaired) electrons. The zero-order valence-corrected chi connectivity index (χ0v) is 37.2. The van der Waals surface area contributed by atoms with E-state index in [4.69, 9.17) is 16.0 Å². The van der Waals surface area contributed by atoms with Gasteiger partial charge in [0.2, 0.25) is 17.1 Å². The molecule has 4 aliphatic rings. The van der Waals surface area contributed by atoms with Crippen LogP contribution in [0.25, 0.3) is 50.3 Å². The Bertz CT molecular complexity index is 2630. The maximum Gasteiger partial charge on any atom is 0.227 e. The number of aromatic nitrogens is 3. The van der Waals surface area contributed by atoms with Crippen LogP contribution in [0.15, 0.2) is 78.1 Å². The summed E-state index contributed by atoms with van der Waals surface area (Å²) in [6.07, 6.45) is 22.6. The molecule has 0 N–H and O–H groups in total. The summed E-state index contributed by atoms with van der Waals surface area (Å²) >= 11 is 0. The number of fused-ring (bicyclic) bond motifs is 14. The minimum absolute atomic E-state index is 0.206. The van der Waals surface area contributed by atoms with Crippen molar-refractivity contribution in [3.8, 4) is 22.5 Å². The van der Waals surface area contributed by atoms with Gasteiger partial charge in [0.1, 0.15) is 0 Å². The Kier molecular flexibility index (Phi) is 9.24. The molecule has 2 aliphatic carbocycles. The van der Waals surface area contributed by atoms with Crippen molar-refractivity contribution < 1.29 is 13.6 Å². The largest absolute Gasteiger partial charge is 0.437 e. The Hall–Kier alpha value is -4.35. The fourth-order valence-electron chi connectivity index (χ4n) is 11.6. The lowest BCUT2D eigenvalue weighted by Gasteiger charge is -2.34. The number of allylic oxidation sites excluding steroid dienone is 1. The van der Waals surface area contributed by atoms with Gasteiger partial charge in [0.05, 0.1) is 25.6 Å². The molecule has 2 unspecified atom stereocenters. The lowest BCUT2D eigenvalue weighted by Crippen LogP contribution is -2.55. The standard InChI is InChI=1S/C53H63N3OSi/c1-33-24-48-50-36(20-22-42-43-18-13-23-54-52(43)57-51(42)50)19-21-41-44-27-37-16-11-12-17-38(37)28-45(44)47-29-39(30-53(3,4)5)49(58(6,7)8)32-56(47)46(41)25-34(2)55(48)31-40(33)26-35-14-9-10-15-35/h13,18,20,22-24,27-29,31-32,35,41,46H,2,9-12,14-17,19,21,25-26,30H2,1,3-8H3/q+2. The van der Waals surface area contributed by atoms with Crippen molar-refractivity contribution in [1.29, 1.82) is 0 Å². The van der Waals surface area contributed by atoms with Gasteiger partial charge in [-0.2, -0.15) is 9.13 Å². The summed E-state index contributed by atoms with van der Waals surface area (Å²) in [5.74, 6) is 1.12. The normalized spacial score (nSPS) is 19.7. The number of rotatable bonds is 4. The average molecular weight is 786 g/mol. The number of pyridine rings is 3. The molecule has 1 fully saturated rings. The van der Waals surface area contributed by atoms with E-state index in [1.165, 1.54) is 96.3 Å². The van der Waals surface area contributed by atoms with Crippen molar-refractivity contribution in [2.75, 3.05) is 0 Å². The van der Waals surface area contributed by atoms with Gasteiger partial charge in [-0.3, -0.25) is 0 Å². The molecule has 6 aromatic rings. The van der Waals surface area contributed by atoms with E-state index < -0.39 is 8.07 Å². The molecule has 0 spiro atoms. The molecule has 5 heteroatoms. The van der Waals surface area contributed by atoms with Crippen molar-refractivity contribution in [3.63, 3.8) is 0 Å².